The van der Waals surface area contributed by atoms with E-state index >= 15 is 0 Å². The molecule has 96 valence electrons. The van der Waals surface area contributed by atoms with Crippen molar-refractivity contribution in [1.29, 1.82) is 0 Å². The molecule has 0 saturated heterocycles. The Balaban J connectivity index is 1.92. The van der Waals surface area contributed by atoms with E-state index in [4.69, 9.17) is 0 Å². The van der Waals surface area contributed by atoms with Gasteiger partial charge in [0.05, 0.1) is 21.5 Å². The van der Waals surface area contributed by atoms with Crippen molar-refractivity contribution < 1.29 is 5.11 Å². The summed E-state index contributed by atoms with van der Waals surface area (Å²) in [6.45, 7) is 3.51. The summed E-state index contributed by atoms with van der Waals surface area (Å²) in [4.78, 5) is 0. The van der Waals surface area contributed by atoms with Crippen molar-refractivity contribution >= 4 is 15.9 Å². The summed E-state index contributed by atoms with van der Waals surface area (Å²) in [6.07, 6.45) is 3.92. The Hall–Kier alpha value is -0.390. The smallest absolute Gasteiger partial charge is 0.0771 e. The first-order valence-electron chi connectivity index (χ1n) is 6.19. The van der Waals surface area contributed by atoms with Gasteiger partial charge in [0.1, 0.15) is 0 Å². The van der Waals surface area contributed by atoms with Crippen molar-refractivity contribution in [2.45, 2.75) is 44.8 Å². The summed E-state index contributed by atoms with van der Waals surface area (Å²) >= 11 is 3.59. The van der Waals surface area contributed by atoms with Gasteiger partial charge in [-0.05, 0) is 41.6 Å². The molecule has 1 aliphatic rings. The molecule has 2 N–H and O–H groups in total. The molecule has 1 saturated carbocycles. The van der Waals surface area contributed by atoms with Gasteiger partial charge < -0.3 is 10.4 Å². The molecule has 0 bridgehead atoms. The Morgan fingerprint density at radius 2 is 2.24 bits per heavy atom. The van der Waals surface area contributed by atoms with Crippen LogP contribution in [0.2, 0.25) is 0 Å². The Bertz CT molecular complexity index is 399. The highest BCUT2D eigenvalue weighted by Crippen LogP contribution is 2.30. The van der Waals surface area contributed by atoms with Crippen LogP contribution in [0.4, 0.5) is 0 Å². The summed E-state index contributed by atoms with van der Waals surface area (Å²) in [5.41, 5.74) is 1.77. The lowest BCUT2D eigenvalue weighted by Gasteiger charge is -2.36. The first kappa shape index (κ1) is 13.1. The van der Waals surface area contributed by atoms with Crippen LogP contribution in [-0.4, -0.2) is 27.0 Å². The third-order valence-electron chi connectivity index (χ3n) is 3.53. The molecule has 1 aromatic heterocycles. The molecule has 0 amide bonds. The fourth-order valence-corrected chi connectivity index (χ4v) is 2.94. The van der Waals surface area contributed by atoms with E-state index < -0.39 is 5.60 Å². The van der Waals surface area contributed by atoms with E-state index in [1.54, 1.807) is 0 Å². The molecule has 0 unspecified atom stereocenters. The number of rotatable bonds is 5. The van der Waals surface area contributed by atoms with Gasteiger partial charge in [-0.2, -0.15) is 5.10 Å². The molecule has 1 heterocycles. The van der Waals surface area contributed by atoms with Crippen LogP contribution in [0.5, 0.6) is 0 Å². The highest BCUT2D eigenvalue weighted by atomic mass is 79.9. The second kappa shape index (κ2) is 5.08. The quantitative estimate of drug-likeness (QED) is 0.871. The zero-order valence-corrected chi connectivity index (χ0v) is 12.0. The molecule has 0 atom stereocenters. The van der Waals surface area contributed by atoms with Crippen molar-refractivity contribution in [2.24, 2.45) is 7.05 Å². The fraction of sp³-hybridized carbons (Fsp3) is 0.750. The number of aromatic nitrogens is 2. The van der Waals surface area contributed by atoms with E-state index in [0.717, 1.165) is 48.1 Å². The molecule has 17 heavy (non-hydrogen) atoms. The summed E-state index contributed by atoms with van der Waals surface area (Å²) in [5, 5.41) is 17.7. The third-order valence-corrected chi connectivity index (χ3v) is 4.45. The molecule has 0 spiro atoms. The van der Waals surface area contributed by atoms with E-state index in [1.165, 1.54) is 0 Å². The predicted octanol–water partition coefficient (Wildman–Crippen LogP) is 1.75. The molecule has 1 aliphatic carbocycles. The Morgan fingerprint density at radius 3 is 2.71 bits per heavy atom. The van der Waals surface area contributed by atoms with Crippen molar-refractivity contribution in [3.8, 4) is 0 Å². The summed E-state index contributed by atoms with van der Waals surface area (Å²) in [7, 11) is 1.96. The average molecular weight is 302 g/mol. The highest BCUT2D eigenvalue weighted by molar-refractivity contribution is 9.10. The molecule has 2 rings (SSSR count). The van der Waals surface area contributed by atoms with E-state index in [2.05, 4.69) is 33.3 Å². The van der Waals surface area contributed by atoms with E-state index in [9.17, 15) is 5.11 Å². The van der Waals surface area contributed by atoms with Crippen LogP contribution in [0.1, 0.15) is 37.6 Å². The van der Waals surface area contributed by atoms with Gasteiger partial charge in [0.15, 0.2) is 0 Å². The van der Waals surface area contributed by atoms with Crippen molar-refractivity contribution in [2.75, 3.05) is 6.54 Å². The normalized spacial score (nSPS) is 18.1. The highest BCUT2D eigenvalue weighted by Gasteiger charge is 2.33. The average Bonchev–Trinajstić information content (AvgIpc) is 2.53. The number of nitrogens with zero attached hydrogens (tertiary/aromatic N) is 2. The molecule has 5 heteroatoms. The SMILES string of the molecule is CCc1nn(C)c(CNCC2(O)CCC2)c1Br. The third kappa shape index (κ3) is 2.72. The second-order valence-corrected chi connectivity index (χ2v) is 5.66. The van der Waals surface area contributed by atoms with Gasteiger partial charge in [-0.25, -0.2) is 0 Å². The van der Waals surface area contributed by atoms with Crippen LogP contribution in [0, 0.1) is 0 Å². The maximum atomic E-state index is 9.98. The van der Waals surface area contributed by atoms with Gasteiger partial charge in [0, 0.05) is 20.1 Å². The minimum Gasteiger partial charge on any atom is -0.389 e. The van der Waals surface area contributed by atoms with E-state index in [-0.39, 0.29) is 0 Å². The Morgan fingerprint density at radius 1 is 1.53 bits per heavy atom. The number of halogens is 1. The molecular formula is C12H20BrN3O. The van der Waals surface area contributed by atoms with Crippen LogP contribution >= 0.6 is 15.9 Å². The van der Waals surface area contributed by atoms with Gasteiger partial charge in [-0.1, -0.05) is 6.92 Å². The molecule has 0 aromatic carbocycles. The minimum absolute atomic E-state index is 0.460. The fourth-order valence-electron chi connectivity index (χ4n) is 2.19. The molecule has 0 radical (unpaired) electrons. The van der Waals surface area contributed by atoms with Gasteiger partial charge in [0.2, 0.25) is 0 Å². The first-order chi connectivity index (χ1) is 8.06. The lowest BCUT2D eigenvalue weighted by Crippen LogP contribution is -2.46. The lowest BCUT2D eigenvalue weighted by molar-refractivity contribution is -0.0315. The maximum absolute atomic E-state index is 9.98. The Kier molecular flexibility index (Phi) is 3.90. The second-order valence-electron chi connectivity index (χ2n) is 4.87. The number of aryl methyl sites for hydroxylation is 2. The minimum atomic E-state index is -0.460. The summed E-state index contributed by atoms with van der Waals surface area (Å²) < 4.78 is 3.00. The van der Waals surface area contributed by atoms with Crippen LogP contribution in [0.3, 0.4) is 0 Å². The largest absolute Gasteiger partial charge is 0.389 e. The number of hydrogen-bond acceptors (Lipinski definition) is 3. The van der Waals surface area contributed by atoms with Crippen LogP contribution < -0.4 is 5.32 Å². The van der Waals surface area contributed by atoms with E-state index in [0.29, 0.717) is 6.54 Å². The molecule has 0 aliphatic heterocycles. The summed E-state index contributed by atoms with van der Waals surface area (Å²) in [6, 6.07) is 0. The standard InChI is InChI=1S/C12H20BrN3O/c1-3-9-11(13)10(16(2)15-9)7-14-8-12(17)5-4-6-12/h14,17H,3-8H2,1-2H3. The topological polar surface area (TPSA) is 50.1 Å². The first-order valence-corrected chi connectivity index (χ1v) is 6.98. The zero-order chi connectivity index (χ0) is 12.5. The molecule has 4 nitrogen and oxygen atoms in total. The number of nitrogens with one attached hydrogen (secondary N) is 1. The van der Waals surface area contributed by atoms with Crippen LogP contribution in [0.15, 0.2) is 4.47 Å². The number of aliphatic hydroxyl groups is 1. The van der Waals surface area contributed by atoms with E-state index in [1.807, 2.05) is 11.7 Å². The number of hydrogen-bond donors (Lipinski definition) is 2. The molecule has 1 fully saturated rings. The van der Waals surface area contributed by atoms with Crippen molar-refractivity contribution in [3.05, 3.63) is 15.9 Å². The Labute approximate surface area is 111 Å². The van der Waals surface area contributed by atoms with Gasteiger partial charge >= 0.3 is 0 Å². The van der Waals surface area contributed by atoms with Gasteiger partial charge in [-0.15, -0.1) is 0 Å². The predicted molar refractivity (Wildman–Crippen MR) is 70.8 cm³/mol. The molecule has 1 aromatic rings. The van der Waals surface area contributed by atoms with Gasteiger partial charge in [-0.3, -0.25) is 4.68 Å². The monoisotopic (exact) mass is 301 g/mol. The van der Waals surface area contributed by atoms with Crippen molar-refractivity contribution in [1.82, 2.24) is 15.1 Å². The van der Waals surface area contributed by atoms with Crippen LogP contribution in [0.25, 0.3) is 0 Å². The molecular weight excluding hydrogens is 282 g/mol. The van der Waals surface area contributed by atoms with Crippen LogP contribution in [-0.2, 0) is 20.0 Å². The zero-order valence-electron chi connectivity index (χ0n) is 10.5. The van der Waals surface area contributed by atoms with Crippen molar-refractivity contribution in [3.63, 3.8) is 0 Å². The lowest BCUT2D eigenvalue weighted by atomic mass is 9.80. The maximum Gasteiger partial charge on any atom is 0.0771 e. The van der Waals surface area contributed by atoms with Gasteiger partial charge in [0.25, 0.3) is 0 Å². The summed E-state index contributed by atoms with van der Waals surface area (Å²) in [5.74, 6) is 0.